The summed E-state index contributed by atoms with van der Waals surface area (Å²) in [5, 5.41) is 1.13. The van der Waals surface area contributed by atoms with Crippen LogP contribution in [0.1, 0.15) is 59.7 Å². The van der Waals surface area contributed by atoms with E-state index in [0.29, 0.717) is 0 Å². The van der Waals surface area contributed by atoms with Crippen LogP contribution in [0.5, 0.6) is 0 Å². The third-order valence-electron chi connectivity index (χ3n) is 4.70. The summed E-state index contributed by atoms with van der Waals surface area (Å²) in [6, 6.07) is 7.94. The number of nitrogens with zero attached hydrogens (tertiary/aromatic N) is 3. The second-order valence-corrected chi connectivity index (χ2v) is 7.34. The van der Waals surface area contributed by atoms with Crippen molar-refractivity contribution >= 4 is 22.9 Å². The van der Waals surface area contributed by atoms with Crippen LogP contribution in [0.25, 0.3) is 0 Å². The summed E-state index contributed by atoms with van der Waals surface area (Å²) in [4.78, 5) is 22.7. The molecule has 0 saturated carbocycles. The number of amides is 1. The zero-order chi connectivity index (χ0) is 18.6. The molecule has 1 heterocycles. The zero-order valence-corrected chi connectivity index (χ0v) is 17.0. The van der Waals surface area contributed by atoms with Crippen LogP contribution in [0, 0.1) is 6.92 Å². The molecule has 0 radical (unpaired) electrons. The van der Waals surface area contributed by atoms with Gasteiger partial charge in [0.2, 0.25) is 0 Å². The second kappa shape index (κ2) is 8.48. The Morgan fingerprint density at radius 2 is 1.76 bits per heavy atom. The van der Waals surface area contributed by atoms with E-state index in [1.54, 1.807) is 11.3 Å². The number of benzene rings is 1. The molecule has 2 rings (SSSR count). The quantitative estimate of drug-likeness (QED) is 0.719. The van der Waals surface area contributed by atoms with E-state index in [4.69, 9.17) is 0 Å². The molecule has 5 heteroatoms. The monoisotopic (exact) mass is 359 g/mol. The minimum atomic E-state index is 0.0211. The fourth-order valence-corrected chi connectivity index (χ4v) is 4.07. The fraction of sp³-hybridized carbons (Fsp3) is 0.500. The standard InChI is InChI=1S/C20H29N3OS/c1-7-18-21-14(4)19(25-18)15(5)22(6)20(24)16-10-12-17(13-11-16)23(8-2)9-3/h10-13,15H,7-9H2,1-6H3. The summed E-state index contributed by atoms with van der Waals surface area (Å²) in [7, 11) is 1.87. The molecule has 1 amide bonds. The molecular weight excluding hydrogens is 330 g/mol. The Morgan fingerprint density at radius 3 is 2.24 bits per heavy atom. The van der Waals surface area contributed by atoms with E-state index in [1.165, 1.54) is 4.88 Å². The Kier molecular flexibility index (Phi) is 6.59. The van der Waals surface area contributed by atoms with Crippen LogP contribution in [0.4, 0.5) is 5.69 Å². The van der Waals surface area contributed by atoms with E-state index in [-0.39, 0.29) is 11.9 Å². The minimum absolute atomic E-state index is 0.0211. The smallest absolute Gasteiger partial charge is 0.254 e. The van der Waals surface area contributed by atoms with Crippen molar-refractivity contribution in [2.24, 2.45) is 0 Å². The summed E-state index contributed by atoms with van der Waals surface area (Å²) in [6.45, 7) is 12.4. The Labute approximate surface area is 155 Å². The Bertz CT molecular complexity index is 704. The molecule has 2 aromatic rings. The van der Waals surface area contributed by atoms with Gasteiger partial charge in [0.25, 0.3) is 5.91 Å². The van der Waals surface area contributed by atoms with Gasteiger partial charge in [-0.1, -0.05) is 6.92 Å². The molecule has 0 aliphatic carbocycles. The molecule has 0 aliphatic rings. The van der Waals surface area contributed by atoms with E-state index >= 15 is 0 Å². The normalized spacial score (nSPS) is 12.1. The first kappa shape index (κ1) is 19.4. The molecule has 1 aromatic heterocycles. The molecule has 0 aliphatic heterocycles. The lowest BCUT2D eigenvalue weighted by molar-refractivity contribution is 0.0744. The highest BCUT2D eigenvalue weighted by Gasteiger charge is 2.22. The van der Waals surface area contributed by atoms with Crippen molar-refractivity contribution in [3.63, 3.8) is 0 Å². The molecule has 0 spiro atoms. The summed E-state index contributed by atoms with van der Waals surface area (Å²) < 4.78 is 0. The predicted octanol–water partition coefficient (Wildman–Crippen LogP) is 4.69. The molecular formula is C20H29N3OS. The summed E-state index contributed by atoms with van der Waals surface area (Å²) >= 11 is 1.71. The first-order chi connectivity index (χ1) is 11.9. The van der Waals surface area contributed by atoms with E-state index < -0.39 is 0 Å². The van der Waals surface area contributed by atoms with Gasteiger partial charge in [-0.2, -0.15) is 0 Å². The van der Waals surface area contributed by atoms with Crippen molar-refractivity contribution in [3.8, 4) is 0 Å². The highest BCUT2D eigenvalue weighted by molar-refractivity contribution is 7.11. The molecule has 4 nitrogen and oxygen atoms in total. The number of carbonyl (C=O) groups is 1. The molecule has 0 fully saturated rings. The minimum Gasteiger partial charge on any atom is -0.372 e. The third kappa shape index (κ3) is 4.21. The number of thiazole rings is 1. The van der Waals surface area contributed by atoms with E-state index in [9.17, 15) is 4.79 Å². The highest BCUT2D eigenvalue weighted by atomic mass is 32.1. The summed E-state index contributed by atoms with van der Waals surface area (Å²) in [6.07, 6.45) is 0.933. The van der Waals surface area contributed by atoms with Crippen molar-refractivity contribution in [2.45, 2.75) is 47.1 Å². The molecule has 0 saturated heterocycles. The van der Waals surface area contributed by atoms with Gasteiger partial charge >= 0.3 is 0 Å². The largest absolute Gasteiger partial charge is 0.372 e. The SMILES string of the molecule is CCc1nc(C)c(C(C)N(C)C(=O)c2ccc(N(CC)CC)cc2)s1. The molecule has 136 valence electrons. The number of aromatic nitrogens is 1. The maximum Gasteiger partial charge on any atom is 0.254 e. The maximum absolute atomic E-state index is 12.9. The Morgan fingerprint density at radius 1 is 1.16 bits per heavy atom. The van der Waals surface area contributed by atoms with Gasteiger partial charge < -0.3 is 9.80 Å². The fourth-order valence-electron chi connectivity index (χ4n) is 2.96. The summed E-state index contributed by atoms with van der Waals surface area (Å²) in [5.74, 6) is 0.0458. The number of rotatable bonds is 7. The molecule has 0 N–H and O–H groups in total. The van der Waals surface area contributed by atoms with Crippen LogP contribution in [-0.4, -0.2) is 35.9 Å². The van der Waals surface area contributed by atoms with E-state index in [1.807, 2.05) is 43.1 Å². The van der Waals surface area contributed by atoms with Crippen LogP contribution in [0.3, 0.4) is 0 Å². The van der Waals surface area contributed by atoms with E-state index in [0.717, 1.165) is 41.5 Å². The lowest BCUT2D eigenvalue weighted by Gasteiger charge is -2.25. The Hall–Kier alpha value is -1.88. The first-order valence-corrected chi connectivity index (χ1v) is 9.82. The van der Waals surface area contributed by atoms with Crippen LogP contribution >= 0.6 is 11.3 Å². The average molecular weight is 360 g/mol. The number of hydrogen-bond acceptors (Lipinski definition) is 4. The van der Waals surface area contributed by atoms with Crippen molar-refractivity contribution < 1.29 is 4.79 Å². The van der Waals surface area contributed by atoms with Crippen LogP contribution in [-0.2, 0) is 6.42 Å². The van der Waals surface area contributed by atoms with Gasteiger partial charge in [0.05, 0.1) is 16.7 Å². The van der Waals surface area contributed by atoms with Crippen LogP contribution in [0.15, 0.2) is 24.3 Å². The first-order valence-electron chi connectivity index (χ1n) is 9.01. The number of carbonyl (C=O) groups excluding carboxylic acids is 1. The van der Waals surface area contributed by atoms with Gasteiger partial charge in [0, 0.05) is 36.3 Å². The second-order valence-electron chi connectivity index (χ2n) is 6.22. The van der Waals surface area contributed by atoms with Crippen molar-refractivity contribution in [3.05, 3.63) is 45.4 Å². The van der Waals surface area contributed by atoms with Crippen molar-refractivity contribution in [1.82, 2.24) is 9.88 Å². The van der Waals surface area contributed by atoms with Gasteiger partial charge in [0.15, 0.2) is 0 Å². The lowest BCUT2D eigenvalue weighted by atomic mass is 10.1. The van der Waals surface area contributed by atoms with Crippen LogP contribution in [0.2, 0.25) is 0 Å². The topological polar surface area (TPSA) is 36.4 Å². The number of aryl methyl sites for hydroxylation is 2. The molecule has 1 atom stereocenters. The van der Waals surface area contributed by atoms with Gasteiger partial charge in [-0.25, -0.2) is 4.98 Å². The van der Waals surface area contributed by atoms with E-state index in [2.05, 4.69) is 37.6 Å². The van der Waals surface area contributed by atoms with Gasteiger partial charge in [-0.15, -0.1) is 11.3 Å². The Balaban J connectivity index is 2.17. The van der Waals surface area contributed by atoms with Gasteiger partial charge in [-0.3, -0.25) is 4.79 Å². The van der Waals surface area contributed by atoms with Crippen molar-refractivity contribution in [1.29, 1.82) is 0 Å². The third-order valence-corrected chi connectivity index (χ3v) is 6.17. The molecule has 1 aromatic carbocycles. The molecule has 1 unspecified atom stereocenters. The lowest BCUT2D eigenvalue weighted by Crippen LogP contribution is -2.29. The number of hydrogen-bond donors (Lipinski definition) is 0. The molecule has 0 bridgehead atoms. The molecule has 25 heavy (non-hydrogen) atoms. The number of anilines is 1. The zero-order valence-electron chi connectivity index (χ0n) is 16.2. The van der Waals surface area contributed by atoms with Crippen LogP contribution < -0.4 is 4.90 Å². The predicted molar refractivity (Wildman–Crippen MR) is 107 cm³/mol. The highest BCUT2D eigenvalue weighted by Crippen LogP contribution is 2.30. The summed E-state index contributed by atoms with van der Waals surface area (Å²) in [5.41, 5.74) is 2.91. The van der Waals surface area contributed by atoms with Gasteiger partial charge in [-0.05, 0) is 58.4 Å². The van der Waals surface area contributed by atoms with Gasteiger partial charge in [0.1, 0.15) is 0 Å². The maximum atomic E-state index is 12.9. The van der Waals surface area contributed by atoms with Crippen molar-refractivity contribution in [2.75, 3.05) is 25.0 Å². The average Bonchev–Trinajstić information content (AvgIpc) is 3.02.